The number of rotatable bonds is 6. The van der Waals surface area contributed by atoms with Gasteiger partial charge in [0.1, 0.15) is 0 Å². The van der Waals surface area contributed by atoms with Gasteiger partial charge in [-0.05, 0) is 18.4 Å². The van der Waals surface area contributed by atoms with Crippen LogP contribution in [0.25, 0.3) is 0 Å². The first-order valence-electron chi connectivity index (χ1n) is 8.90. The third-order valence-electron chi connectivity index (χ3n) is 4.70. The average Bonchev–Trinajstić information content (AvgIpc) is 2.67. The summed E-state index contributed by atoms with van der Waals surface area (Å²) < 4.78 is 0. The Morgan fingerprint density at radius 3 is 2.65 bits per heavy atom. The summed E-state index contributed by atoms with van der Waals surface area (Å²) in [5.74, 6) is 0. The maximum absolute atomic E-state index is 10.9. The molecule has 0 radical (unpaired) electrons. The molecule has 0 unspecified atom stereocenters. The number of hydrazone groups is 1. The normalized spacial score (nSPS) is 20.2. The summed E-state index contributed by atoms with van der Waals surface area (Å²) >= 11 is 0. The molecule has 2 aromatic carbocycles. The van der Waals surface area contributed by atoms with Gasteiger partial charge in [0.2, 0.25) is 0 Å². The van der Waals surface area contributed by atoms with Crippen LogP contribution in [0, 0.1) is 10.1 Å². The molecule has 1 N–H and O–H groups in total. The Kier molecular flexibility index (Phi) is 5.96. The second-order valence-corrected chi connectivity index (χ2v) is 6.60. The quantitative estimate of drug-likeness (QED) is 0.487. The van der Waals surface area contributed by atoms with Gasteiger partial charge in [-0.3, -0.25) is 15.1 Å². The molecule has 0 aliphatic heterocycles. The van der Waals surface area contributed by atoms with Crippen LogP contribution in [0.1, 0.15) is 36.8 Å². The predicted octanol–water partition coefficient (Wildman–Crippen LogP) is 3.73. The molecule has 6 heteroatoms. The fourth-order valence-electron chi connectivity index (χ4n) is 3.31. The number of non-ortho nitro benzene ring substituents is 1. The summed E-state index contributed by atoms with van der Waals surface area (Å²) in [6, 6.07) is 16.4. The van der Waals surface area contributed by atoms with Crippen molar-refractivity contribution in [3.63, 3.8) is 0 Å². The number of aliphatic hydroxyl groups is 1. The molecule has 2 aromatic rings. The van der Waals surface area contributed by atoms with Crippen LogP contribution < -0.4 is 0 Å². The van der Waals surface area contributed by atoms with Gasteiger partial charge >= 0.3 is 0 Å². The van der Waals surface area contributed by atoms with Gasteiger partial charge < -0.3 is 5.11 Å². The van der Waals surface area contributed by atoms with Crippen LogP contribution in [0.5, 0.6) is 0 Å². The van der Waals surface area contributed by atoms with Gasteiger partial charge in [-0.15, -0.1) is 0 Å². The number of nitro benzene ring substituents is 1. The standard InChI is InChI=1S/C20H23N3O3/c24-20-12-5-4-11-19(20)22(15-16-7-2-1-3-8-16)21-14-17-9-6-10-18(13-17)23(25)26/h1-3,6-10,13-14,19-20,24H,4-5,11-12,15H2/b21-14+/t19-,20-/m1/s1. The van der Waals surface area contributed by atoms with E-state index in [1.54, 1.807) is 18.3 Å². The van der Waals surface area contributed by atoms with Crippen molar-refractivity contribution in [1.29, 1.82) is 0 Å². The molecule has 1 fully saturated rings. The fourth-order valence-corrected chi connectivity index (χ4v) is 3.31. The molecule has 0 aromatic heterocycles. The van der Waals surface area contributed by atoms with E-state index < -0.39 is 11.0 Å². The molecule has 136 valence electrons. The van der Waals surface area contributed by atoms with Gasteiger partial charge in [-0.1, -0.05) is 55.3 Å². The van der Waals surface area contributed by atoms with Crippen LogP contribution in [0.15, 0.2) is 59.7 Å². The summed E-state index contributed by atoms with van der Waals surface area (Å²) in [7, 11) is 0. The minimum Gasteiger partial charge on any atom is -0.391 e. The highest BCUT2D eigenvalue weighted by Crippen LogP contribution is 2.25. The number of hydrogen-bond acceptors (Lipinski definition) is 5. The Morgan fingerprint density at radius 2 is 1.92 bits per heavy atom. The Balaban J connectivity index is 1.82. The first-order valence-corrected chi connectivity index (χ1v) is 8.90. The third kappa shape index (κ3) is 4.67. The van der Waals surface area contributed by atoms with Crippen molar-refractivity contribution >= 4 is 11.9 Å². The number of nitro groups is 1. The Hall–Kier alpha value is -2.73. The molecule has 26 heavy (non-hydrogen) atoms. The van der Waals surface area contributed by atoms with Crippen LogP contribution in [-0.4, -0.2) is 33.4 Å². The first kappa shape index (κ1) is 18.1. The van der Waals surface area contributed by atoms with Crippen LogP contribution >= 0.6 is 0 Å². The molecule has 0 bridgehead atoms. The number of benzene rings is 2. The zero-order valence-corrected chi connectivity index (χ0v) is 14.6. The van der Waals surface area contributed by atoms with Crippen molar-refractivity contribution in [2.45, 2.75) is 44.4 Å². The van der Waals surface area contributed by atoms with E-state index in [9.17, 15) is 15.2 Å². The molecule has 0 heterocycles. The minimum absolute atomic E-state index is 0.0427. The number of hydrogen-bond donors (Lipinski definition) is 1. The highest BCUT2D eigenvalue weighted by Gasteiger charge is 2.28. The zero-order chi connectivity index (χ0) is 18.4. The topological polar surface area (TPSA) is 79.0 Å². The van der Waals surface area contributed by atoms with E-state index in [4.69, 9.17) is 0 Å². The lowest BCUT2D eigenvalue weighted by Crippen LogP contribution is -2.42. The summed E-state index contributed by atoms with van der Waals surface area (Å²) in [5.41, 5.74) is 1.82. The lowest BCUT2D eigenvalue weighted by molar-refractivity contribution is -0.384. The van der Waals surface area contributed by atoms with E-state index in [-0.39, 0.29) is 11.7 Å². The lowest BCUT2D eigenvalue weighted by Gasteiger charge is -2.35. The summed E-state index contributed by atoms with van der Waals surface area (Å²) in [4.78, 5) is 10.5. The van der Waals surface area contributed by atoms with Crippen LogP contribution in [-0.2, 0) is 6.54 Å². The minimum atomic E-state index is -0.413. The van der Waals surface area contributed by atoms with E-state index >= 15 is 0 Å². The maximum atomic E-state index is 10.9. The summed E-state index contributed by atoms with van der Waals surface area (Å²) in [5, 5.41) is 27.9. The molecule has 1 aliphatic carbocycles. The van der Waals surface area contributed by atoms with Gasteiger partial charge in [-0.2, -0.15) is 5.10 Å². The fraction of sp³-hybridized carbons (Fsp3) is 0.350. The molecule has 6 nitrogen and oxygen atoms in total. The SMILES string of the molecule is O=[N+]([O-])c1cccc(/C=N/N(Cc2ccccc2)[C@@H]2CCCC[C@H]2O)c1. The molecule has 3 rings (SSSR count). The smallest absolute Gasteiger partial charge is 0.270 e. The number of aliphatic hydroxyl groups excluding tert-OH is 1. The second-order valence-electron chi connectivity index (χ2n) is 6.60. The van der Waals surface area contributed by atoms with E-state index in [1.807, 2.05) is 35.3 Å². The highest BCUT2D eigenvalue weighted by atomic mass is 16.6. The van der Waals surface area contributed by atoms with Crippen LogP contribution in [0.2, 0.25) is 0 Å². The van der Waals surface area contributed by atoms with Crippen molar-refractivity contribution in [1.82, 2.24) is 5.01 Å². The van der Waals surface area contributed by atoms with Crippen LogP contribution in [0.4, 0.5) is 5.69 Å². The zero-order valence-electron chi connectivity index (χ0n) is 14.6. The summed E-state index contributed by atoms with van der Waals surface area (Å²) in [6.45, 7) is 0.591. The molecule has 1 aliphatic rings. The molecular formula is C20H23N3O3. The summed E-state index contributed by atoms with van der Waals surface area (Å²) in [6.07, 6.45) is 5.00. The largest absolute Gasteiger partial charge is 0.391 e. The Labute approximate surface area is 152 Å². The first-order chi connectivity index (χ1) is 12.6. The maximum Gasteiger partial charge on any atom is 0.270 e. The molecule has 2 atom stereocenters. The van der Waals surface area contributed by atoms with E-state index in [0.717, 1.165) is 31.2 Å². The molecule has 1 saturated carbocycles. The molecule has 0 spiro atoms. The van der Waals surface area contributed by atoms with E-state index in [1.165, 1.54) is 12.1 Å². The van der Waals surface area contributed by atoms with Crippen molar-refractivity contribution in [3.8, 4) is 0 Å². The van der Waals surface area contributed by atoms with Gasteiger partial charge in [-0.25, -0.2) is 0 Å². The van der Waals surface area contributed by atoms with Gasteiger partial charge in [0, 0.05) is 17.7 Å². The average molecular weight is 353 g/mol. The van der Waals surface area contributed by atoms with Crippen molar-refractivity contribution in [2.75, 3.05) is 0 Å². The highest BCUT2D eigenvalue weighted by molar-refractivity contribution is 5.80. The van der Waals surface area contributed by atoms with Gasteiger partial charge in [0.05, 0.1) is 29.8 Å². The van der Waals surface area contributed by atoms with E-state index in [2.05, 4.69) is 5.10 Å². The third-order valence-corrected chi connectivity index (χ3v) is 4.70. The van der Waals surface area contributed by atoms with Crippen LogP contribution in [0.3, 0.4) is 0 Å². The van der Waals surface area contributed by atoms with E-state index in [0.29, 0.717) is 12.1 Å². The Bertz CT molecular complexity index is 764. The van der Waals surface area contributed by atoms with Crippen molar-refractivity contribution in [2.24, 2.45) is 5.10 Å². The molecule has 0 amide bonds. The lowest BCUT2D eigenvalue weighted by atomic mass is 9.92. The molecular weight excluding hydrogens is 330 g/mol. The molecule has 0 saturated heterocycles. The predicted molar refractivity (Wildman–Crippen MR) is 101 cm³/mol. The van der Waals surface area contributed by atoms with Gasteiger partial charge in [0.15, 0.2) is 0 Å². The number of nitrogens with zero attached hydrogens (tertiary/aromatic N) is 3. The van der Waals surface area contributed by atoms with Crippen molar-refractivity contribution < 1.29 is 10.0 Å². The van der Waals surface area contributed by atoms with Crippen molar-refractivity contribution in [3.05, 3.63) is 75.8 Å². The van der Waals surface area contributed by atoms with Gasteiger partial charge in [0.25, 0.3) is 5.69 Å². The Morgan fingerprint density at radius 1 is 1.15 bits per heavy atom. The second kappa shape index (κ2) is 8.58. The monoisotopic (exact) mass is 353 g/mol.